The zero-order chi connectivity index (χ0) is 15.9. The van der Waals surface area contributed by atoms with Crippen LogP contribution in [-0.2, 0) is 0 Å². The molecule has 1 fully saturated rings. The zero-order valence-corrected chi connectivity index (χ0v) is 13.6. The minimum absolute atomic E-state index is 0.144. The third kappa shape index (κ3) is 2.72. The summed E-state index contributed by atoms with van der Waals surface area (Å²) >= 11 is 12.3. The second-order valence-corrected chi connectivity index (χ2v) is 6.39. The van der Waals surface area contributed by atoms with Gasteiger partial charge in [0.1, 0.15) is 11.5 Å². The average molecular weight is 338 g/mol. The van der Waals surface area contributed by atoms with E-state index < -0.39 is 0 Å². The van der Waals surface area contributed by atoms with E-state index in [2.05, 4.69) is 21.8 Å². The quantitative estimate of drug-likeness (QED) is 0.880. The van der Waals surface area contributed by atoms with Crippen molar-refractivity contribution in [3.63, 3.8) is 0 Å². The molecule has 116 valence electrons. The number of nitrogens with zero attached hydrogens (tertiary/aromatic N) is 3. The standard InChI is InChI=1S/C15H17Cl2N5/c1-8-6-22(7-11(8)18)12-5-20-14(15(19)21-12)9-3-2-4-10(16)13(9)17/h2-5,8,11H,6-7,18H2,1H3,(H2,19,21). The largest absolute Gasteiger partial charge is 0.382 e. The SMILES string of the molecule is CC1CN(c2cnc(-c3cccc(Cl)c3Cl)c(N)n2)CC1N. The second kappa shape index (κ2) is 5.91. The van der Waals surface area contributed by atoms with Crippen LogP contribution >= 0.6 is 23.2 Å². The van der Waals surface area contributed by atoms with Gasteiger partial charge < -0.3 is 16.4 Å². The van der Waals surface area contributed by atoms with E-state index in [1.54, 1.807) is 18.3 Å². The monoisotopic (exact) mass is 337 g/mol. The molecule has 7 heteroatoms. The summed E-state index contributed by atoms with van der Waals surface area (Å²) in [7, 11) is 0. The van der Waals surface area contributed by atoms with Gasteiger partial charge in [-0.25, -0.2) is 9.97 Å². The summed E-state index contributed by atoms with van der Waals surface area (Å²) in [6, 6.07) is 5.49. The maximum absolute atomic E-state index is 6.22. The number of rotatable bonds is 2. The maximum atomic E-state index is 6.22. The van der Waals surface area contributed by atoms with Gasteiger partial charge in [-0.15, -0.1) is 0 Å². The molecular formula is C15H17Cl2N5. The Hall–Kier alpha value is -1.56. The van der Waals surface area contributed by atoms with Gasteiger partial charge in [0.2, 0.25) is 0 Å². The third-order valence-corrected chi connectivity index (χ3v) is 4.81. The number of aromatic nitrogens is 2. The molecule has 0 aliphatic carbocycles. The van der Waals surface area contributed by atoms with Gasteiger partial charge in [-0.05, 0) is 12.0 Å². The number of hydrogen-bond donors (Lipinski definition) is 2. The van der Waals surface area contributed by atoms with Gasteiger partial charge in [0.25, 0.3) is 0 Å². The van der Waals surface area contributed by atoms with Crippen LogP contribution < -0.4 is 16.4 Å². The average Bonchev–Trinajstić information content (AvgIpc) is 2.82. The molecule has 1 aromatic heterocycles. The molecule has 2 unspecified atom stereocenters. The molecule has 1 aromatic carbocycles. The summed E-state index contributed by atoms with van der Waals surface area (Å²) in [5.41, 5.74) is 13.3. The lowest BCUT2D eigenvalue weighted by Gasteiger charge is -2.18. The van der Waals surface area contributed by atoms with Crippen LogP contribution in [0.1, 0.15) is 6.92 Å². The van der Waals surface area contributed by atoms with Crippen molar-refractivity contribution in [3.8, 4) is 11.3 Å². The zero-order valence-electron chi connectivity index (χ0n) is 12.1. The Morgan fingerprint density at radius 1 is 1.27 bits per heavy atom. The summed E-state index contributed by atoms with van der Waals surface area (Å²) in [6.45, 7) is 3.74. The molecule has 22 heavy (non-hydrogen) atoms. The Morgan fingerprint density at radius 3 is 2.68 bits per heavy atom. The van der Waals surface area contributed by atoms with Crippen LogP contribution in [0.2, 0.25) is 10.0 Å². The number of nitrogens with two attached hydrogens (primary N) is 2. The van der Waals surface area contributed by atoms with E-state index in [0.717, 1.165) is 18.9 Å². The van der Waals surface area contributed by atoms with E-state index in [-0.39, 0.29) is 6.04 Å². The Labute approximate surface area is 139 Å². The molecule has 0 amide bonds. The first-order chi connectivity index (χ1) is 10.5. The van der Waals surface area contributed by atoms with Crippen molar-refractivity contribution in [2.24, 2.45) is 11.7 Å². The van der Waals surface area contributed by atoms with Crippen molar-refractivity contribution in [1.29, 1.82) is 0 Å². The molecule has 2 heterocycles. The number of halogens is 2. The molecule has 5 nitrogen and oxygen atoms in total. The number of hydrogen-bond acceptors (Lipinski definition) is 5. The molecule has 1 saturated heterocycles. The van der Waals surface area contributed by atoms with Crippen molar-refractivity contribution in [1.82, 2.24) is 9.97 Å². The predicted octanol–water partition coefficient (Wildman–Crippen LogP) is 2.82. The Morgan fingerprint density at radius 2 is 2.05 bits per heavy atom. The molecule has 0 spiro atoms. The van der Waals surface area contributed by atoms with Gasteiger partial charge in [0.15, 0.2) is 5.82 Å². The summed E-state index contributed by atoms with van der Waals surface area (Å²) in [5, 5.41) is 0.888. The van der Waals surface area contributed by atoms with Crippen LogP contribution in [0.5, 0.6) is 0 Å². The number of anilines is 2. The van der Waals surface area contributed by atoms with Crippen LogP contribution in [0, 0.1) is 5.92 Å². The van der Waals surface area contributed by atoms with Crippen molar-refractivity contribution in [2.45, 2.75) is 13.0 Å². The highest BCUT2D eigenvalue weighted by Crippen LogP contribution is 2.35. The first kappa shape index (κ1) is 15.3. The number of nitrogen functional groups attached to an aromatic ring is 1. The maximum Gasteiger partial charge on any atom is 0.152 e. The molecule has 0 saturated carbocycles. The van der Waals surface area contributed by atoms with Gasteiger partial charge in [0, 0.05) is 24.7 Å². The Kier molecular flexibility index (Phi) is 4.12. The molecule has 2 aromatic rings. The van der Waals surface area contributed by atoms with Crippen LogP contribution in [0.15, 0.2) is 24.4 Å². The first-order valence-electron chi connectivity index (χ1n) is 7.04. The summed E-state index contributed by atoms with van der Waals surface area (Å²) in [4.78, 5) is 11.0. The van der Waals surface area contributed by atoms with Crippen molar-refractivity contribution >= 4 is 34.8 Å². The molecule has 1 aliphatic heterocycles. The minimum atomic E-state index is 0.144. The molecule has 2 atom stereocenters. The number of benzene rings is 1. The highest BCUT2D eigenvalue weighted by atomic mass is 35.5. The topological polar surface area (TPSA) is 81.1 Å². The van der Waals surface area contributed by atoms with Crippen LogP contribution in [0.3, 0.4) is 0 Å². The fraction of sp³-hybridized carbons (Fsp3) is 0.333. The van der Waals surface area contributed by atoms with Crippen molar-refractivity contribution < 1.29 is 0 Å². The van der Waals surface area contributed by atoms with E-state index in [1.165, 1.54) is 0 Å². The third-order valence-electron chi connectivity index (χ3n) is 3.99. The molecule has 3 rings (SSSR count). The Bertz CT molecular complexity index is 696. The van der Waals surface area contributed by atoms with E-state index in [4.69, 9.17) is 34.7 Å². The van der Waals surface area contributed by atoms with Crippen molar-refractivity contribution in [3.05, 3.63) is 34.4 Å². The van der Waals surface area contributed by atoms with Crippen molar-refractivity contribution in [2.75, 3.05) is 23.7 Å². The Balaban J connectivity index is 1.95. The van der Waals surface area contributed by atoms with Gasteiger partial charge in [0.05, 0.1) is 16.2 Å². The van der Waals surface area contributed by atoms with Gasteiger partial charge in [-0.2, -0.15) is 0 Å². The summed E-state index contributed by atoms with van der Waals surface area (Å²) in [5.74, 6) is 1.49. The summed E-state index contributed by atoms with van der Waals surface area (Å²) < 4.78 is 0. The minimum Gasteiger partial charge on any atom is -0.382 e. The molecule has 0 bridgehead atoms. The van der Waals surface area contributed by atoms with Crippen LogP contribution in [-0.4, -0.2) is 29.1 Å². The van der Waals surface area contributed by atoms with E-state index >= 15 is 0 Å². The van der Waals surface area contributed by atoms with Gasteiger partial charge in [-0.3, -0.25) is 0 Å². The lowest BCUT2D eigenvalue weighted by atomic mass is 10.1. The van der Waals surface area contributed by atoms with Crippen LogP contribution in [0.4, 0.5) is 11.6 Å². The normalized spacial score (nSPS) is 21.4. The molecule has 1 aliphatic rings. The lowest BCUT2D eigenvalue weighted by Crippen LogP contribution is -2.28. The van der Waals surface area contributed by atoms with Gasteiger partial charge >= 0.3 is 0 Å². The van der Waals surface area contributed by atoms with E-state index in [1.807, 2.05) is 6.07 Å². The molecular weight excluding hydrogens is 321 g/mol. The fourth-order valence-electron chi connectivity index (χ4n) is 2.62. The molecule has 4 N–H and O–H groups in total. The predicted molar refractivity (Wildman–Crippen MR) is 91.3 cm³/mol. The summed E-state index contributed by atoms with van der Waals surface area (Å²) in [6.07, 6.45) is 1.70. The fourth-order valence-corrected chi connectivity index (χ4v) is 3.01. The highest BCUT2D eigenvalue weighted by molar-refractivity contribution is 6.43. The highest BCUT2D eigenvalue weighted by Gasteiger charge is 2.28. The van der Waals surface area contributed by atoms with Gasteiger partial charge in [-0.1, -0.05) is 42.3 Å². The first-order valence-corrected chi connectivity index (χ1v) is 7.80. The van der Waals surface area contributed by atoms with E-state index in [0.29, 0.717) is 33.0 Å². The van der Waals surface area contributed by atoms with Crippen LogP contribution in [0.25, 0.3) is 11.3 Å². The smallest absolute Gasteiger partial charge is 0.152 e. The lowest BCUT2D eigenvalue weighted by molar-refractivity contribution is 0.566. The second-order valence-electron chi connectivity index (χ2n) is 5.61. The molecule has 0 radical (unpaired) electrons. The van der Waals surface area contributed by atoms with E-state index in [9.17, 15) is 0 Å².